The molecule has 0 saturated carbocycles. The summed E-state index contributed by atoms with van der Waals surface area (Å²) in [6.45, 7) is 3.66. The Morgan fingerprint density at radius 2 is 1.95 bits per heavy atom. The number of fused-ring (bicyclic) bond motifs is 1. The fourth-order valence-corrected chi connectivity index (χ4v) is 6.39. The highest BCUT2D eigenvalue weighted by atomic mass is 35.5. The largest absolute Gasteiger partial charge is 0.486 e. The molecule has 4 rings (SSSR count). The van der Waals surface area contributed by atoms with Gasteiger partial charge in [0.25, 0.3) is 10.0 Å². The van der Waals surface area contributed by atoms with Crippen LogP contribution in [0.15, 0.2) is 65.6 Å². The van der Waals surface area contributed by atoms with Crippen molar-refractivity contribution in [2.45, 2.75) is 44.1 Å². The summed E-state index contributed by atoms with van der Waals surface area (Å²) in [5, 5.41) is 0.290. The Balaban J connectivity index is 1.73. The Labute approximate surface area is 227 Å². The Bertz CT molecular complexity index is 1470. The lowest BCUT2D eigenvalue weighted by molar-refractivity contribution is -0.140. The third kappa shape index (κ3) is 6.03. The minimum absolute atomic E-state index is 0.0791. The van der Waals surface area contributed by atoms with Gasteiger partial charge in [-0.25, -0.2) is 12.8 Å². The first-order valence-corrected chi connectivity index (χ1v) is 14.0. The van der Waals surface area contributed by atoms with Gasteiger partial charge in [0.1, 0.15) is 17.7 Å². The number of rotatable bonds is 8. The molecule has 0 fully saturated rings. The number of halogens is 2. The zero-order valence-corrected chi connectivity index (χ0v) is 23.0. The van der Waals surface area contributed by atoms with E-state index >= 15 is 0 Å². The maximum atomic E-state index is 14.5. The maximum absolute atomic E-state index is 14.5. The summed E-state index contributed by atoms with van der Waals surface area (Å²) in [5.74, 6) is -0.354. The molecule has 0 saturated heterocycles. The van der Waals surface area contributed by atoms with E-state index < -0.39 is 21.9 Å². The van der Waals surface area contributed by atoms with Crippen LogP contribution in [0.25, 0.3) is 11.6 Å². The minimum atomic E-state index is -3.93. The number of ether oxygens (including phenoxy) is 2. The monoisotopic (exact) mass is 557 g/mol. The van der Waals surface area contributed by atoms with Crippen molar-refractivity contribution in [2.75, 3.05) is 18.0 Å². The molecule has 0 aliphatic carbocycles. The van der Waals surface area contributed by atoms with E-state index in [1.165, 1.54) is 17.5 Å². The van der Waals surface area contributed by atoms with E-state index in [1.54, 1.807) is 61.5 Å². The zero-order chi connectivity index (χ0) is 27.4. The summed E-state index contributed by atoms with van der Waals surface area (Å²) in [5.41, 5.74) is 2.76. The third-order valence-electron chi connectivity index (χ3n) is 6.37. The Kier molecular flexibility index (Phi) is 8.43. The molecule has 0 unspecified atom stereocenters. The fourth-order valence-electron chi connectivity index (χ4n) is 4.47. The van der Waals surface area contributed by atoms with E-state index in [-0.39, 0.29) is 29.4 Å². The van der Waals surface area contributed by atoms with Gasteiger partial charge in [-0.15, -0.1) is 0 Å². The number of carbonyl (C=O) groups excluding carboxylic acids is 1. The first-order chi connectivity index (χ1) is 18.1. The van der Waals surface area contributed by atoms with E-state index in [2.05, 4.69) is 0 Å². The van der Waals surface area contributed by atoms with E-state index in [9.17, 15) is 17.6 Å². The highest BCUT2D eigenvalue weighted by Gasteiger charge is 2.34. The van der Waals surface area contributed by atoms with Crippen LogP contribution in [0.4, 0.5) is 10.1 Å². The number of aryl methyl sites for hydroxylation is 1. The lowest BCUT2D eigenvalue weighted by atomic mass is 10.0. The van der Waals surface area contributed by atoms with Gasteiger partial charge in [-0.3, -0.25) is 9.10 Å². The molecular weight excluding hydrogens is 529 g/mol. The summed E-state index contributed by atoms with van der Waals surface area (Å²) in [6, 6.07) is 16.5. The number of sulfonamides is 1. The van der Waals surface area contributed by atoms with E-state index in [0.29, 0.717) is 40.4 Å². The van der Waals surface area contributed by atoms with Crippen LogP contribution < -0.4 is 9.04 Å². The lowest BCUT2D eigenvalue weighted by Gasteiger charge is -2.36. The molecule has 0 N–H and O–H groups in total. The van der Waals surface area contributed by atoms with Gasteiger partial charge in [0.05, 0.1) is 29.3 Å². The molecule has 9 heteroatoms. The van der Waals surface area contributed by atoms with Crippen LogP contribution >= 0.6 is 11.6 Å². The van der Waals surface area contributed by atoms with Crippen molar-refractivity contribution < 1.29 is 27.1 Å². The van der Waals surface area contributed by atoms with Gasteiger partial charge in [-0.1, -0.05) is 41.9 Å². The number of hydrogen-bond acceptors (Lipinski definition) is 5. The molecule has 1 atom stereocenters. The van der Waals surface area contributed by atoms with Crippen molar-refractivity contribution in [2.24, 2.45) is 0 Å². The van der Waals surface area contributed by atoms with Crippen molar-refractivity contribution in [1.82, 2.24) is 0 Å². The number of anilines is 1. The number of allylic oxidation sites excluding steroid dienone is 1. The van der Waals surface area contributed by atoms with Crippen LogP contribution in [-0.2, 0) is 19.6 Å². The Hall–Kier alpha value is -3.36. The van der Waals surface area contributed by atoms with Crippen LogP contribution in [0.5, 0.6) is 5.75 Å². The quantitative estimate of drug-likeness (QED) is 0.229. The van der Waals surface area contributed by atoms with Gasteiger partial charge in [0, 0.05) is 12.0 Å². The van der Waals surface area contributed by atoms with Crippen molar-refractivity contribution >= 4 is 44.9 Å². The predicted octanol–water partition coefficient (Wildman–Crippen LogP) is 6.65. The van der Waals surface area contributed by atoms with E-state index in [4.69, 9.17) is 21.1 Å². The summed E-state index contributed by atoms with van der Waals surface area (Å²) in [4.78, 5) is 11.7. The van der Waals surface area contributed by atoms with Crippen LogP contribution in [0.2, 0.25) is 5.02 Å². The van der Waals surface area contributed by atoms with Gasteiger partial charge >= 0.3 is 5.97 Å². The number of benzene rings is 3. The normalized spacial score (nSPS) is 15.6. The average molecular weight is 558 g/mol. The number of hydrogen-bond donors (Lipinski definition) is 0. The summed E-state index contributed by atoms with van der Waals surface area (Å²) < 4.78 is 54.4. The SMILES string of the molecule is COC(=O)CCC[C@H]1CN(S(=O)(=O)c2cccc(C)c2)c2cc(/C=C(\C)c3c(F)cccc3Cl)ccc2O1. The van der Waals surface area contributed by atoms with Crippen LogP contribution in [-0.4, -0.2) is 34.1 Å². The van der Waals surface area contributed by atoms with E-state index in [1.807, 2.05) is 13.0 Å². The second-order valence-corrected chi connectivity index (χ2v) is 11.5. The number of nitrogens with zero attached hydrogens (tertiary/aromatic N) is 1. The molecule has 1 aliphatic heterocycles. The maximum Gasteiger partial charge on any atom is 0.305 e. The molecule has 3 aromatic rings. The highest BCUT2D eigenvalue weighted by molar-refractivity contribution is 7.92. The van der Waals surface area contributed by atoms with Gasteiger partial charge < -0.3 is 9.47 Å². The zero-order valence-electron chi connectivity index (χ0n) is 21.4. The second kappa shape index (κ2) is 11.6. The minimum Gasteiger partial charge on any atom is -0.486 e. The molecule has 0 aromatic heterocycles. The van der Waals surface area contributed by atoms with Crippen LogP contribution in [0.3, 0.4) is 0 Å². The molecule has 1 aliphatic rings. The molecule has 1 heterocycles. The first-order valence-electron chi connectivity index (χ1n) is 12.2. The van der Waals surface area contributed by atoms with Crippen molar-refractivity contribution in [1.29, 1.82) is 0 Å². The van der Waals surface area contributed by atoms with Gasteiger partial charge in [0.15, 0.2) is 0 Å². The Morgan fingerprint density at radius 3 is 2.66 bits per heavy atom. The van der Waals surface area contributed by atoms with Gasteiger partial charge in [-0.05, 0) is 79.8 Å². The number of esters is 1. The van der Waals surface area contributed by atoms with Crippen LogP contribution in [0, 0.1) is 12.7 Å². The molecule has 6 nitrogen and oxygen atoms in total. The predicted molar refractivity (Wildman–Crippen MR) is 147 cm³/mol. The standard InChI is InChI=1S/C29H29ClFNO5S/c1-19-7-4-9-23(15-19)38(34,35)32-18-22(8-5-12-28(33)36-3)37-27-14-13-21(17-26(27)32)16-20(2)29-24(30)10-6-11-25(29)31/h4,6-7,9-11,13-17,22H,5,8,12,18H2,1-3H3/b20-16+/t22-/m0/s1. The molecule has 0 radical (unpaired) electrons. The summed E-state index contributed by atoms with van der Waals surface area (Å²) in [6.07, 6.45) is 2.49. The van der Waals surface area contributed by atoms with Gasteiger partial charge in [0.2, 0.25) is 0 Å². The molecular formula is C29H29ClFNO5S. The molecule has 3 aromatic carbocycles. The lowest BCUT2D eigenvalue weighted by Crippen LogP contribution is -2.43. The van der Waals surface area contributed by atoms with E-state index in [0.717, 1.165) is 5.56 Å². The Morgan fingerprint density at radius 1 is 1.18 bits per heavy atom. The molecule has 200 valence electrons. The summed E-state index contributed by atoms with van der Waals surface area (Å²) in [7, 11) is -2.59. The smallest absolute Gasteiger partial charge is 0.305 e. The number of carbonyl (C=O) groups is 1. The van der Waals surface area contributed by atoms with Crippen molar-refractivity contribution in [3.63, 3.8) is 0 Å². The summed E-state index contributed by atoms with van der Waals surface area (Å²) >= 11 is 6.24. The van der Waals surface area contributed by atoms with Gasteiger partial charge in [-0.2, -0.15) is 0 Å². The van der Waals surface area contributed by atoms with Crippen molar-refractivity contribution in [3.8, 4) is 5.75 Å². The average Bonchev–Trinajstić information content (AvgIpc) is 2.88. The first kappa shape index (κ1) is 27.7. The van der Waals surface area contributed by atoms with Crippen LogP contribution in [0.1, 0.15) is 42.9 Å². The fraction of sp³-hybridized carbons (Fsp3) is 0.276. The highest BCUT2D eigenvalue weighted by Crippen LogP contribution is 2.39. The van der Waals surface area contributed by atoms with Crippen molar-refractivity contribution in [3.05, 3.63) is 88.2 Å². The number of methoxy groups -OCH3 is 1. The molecule has 0 bridgehead atoms. The molecule has 0 amide bonds. The molecule has 38 heavy (non-hydrogen) atoms. The second-order valence-electron chi connectivity index (χ2n) is 9.21. The topological polar surface area (TPSA) is 72.9 Å². The third-order valence-corrected chi connectivity index (χ3v) is 8.46. The molecule has 0 spiro atoms.